The smallest absolute Gasteiger partial charge is 0.304 e. The Morgan fingerprint density at radius 2 is 2.10 bits per heavy atom. The van der Waals surface area contributed by atoms with Crippen LogP contribution >= 0.6 is 11.3 Å². The second-order valence-corrected chi connectivity index (χ2v) is 7.07. The molecule has 112 valence electrons. The molecule has 0 aliphatic carbocycles. The van der Waals surface area contributed by atoms with Gasteiger partial charge in [-0.15, -0.1) is 0 Å². The summed E-state index contributed by atoms with van der Waals surface area (Å²) in [7, 11) is -2.42. The Hall–Kier alpha value is -2.20. The minimum absolute atomic E-state index is 0.152. The predicted octanol–water partition coefficient (Wildman–Crippen LogP) is 2.20. The second-order valence-electron chi connectivity index (χ2n) is 4.11. The molecule has 0 aliphatic rings. The van der Waals surface area contributed by atoms with Gasteiger partial charge in [0, 0.05) is 19.3 Å². The van der Waals surface area contributed by atoms with Crippen LogP contribution in [0.5, 0.6) is 0 Å². The van der Waals surface area contributed by atoms with E-state index in [1.807, 2.05) is 6.92 Å². The van der Waals surface area contributed by atoms with Crippen molar-refractivity contribution in [1.82, 2.24) is 4.98 Å². The molecule has 2 N–H and O–H groups in total. The highest BCUT2D eigenvalue weighted by atomic mass is 32.2. The summed E-state index contributed by atoms with van der Waals surface area (Å²) < 4.78 is 26.5. The SMILES string of the molecule is CNc1sc(S(=O)(=O)Nc2ccc(C)cn2)cc1[N+](=O)[O-]. The van der Waals surface area contributed by atoms with Crippen molar-refractivity contribution in [2.24, 2.45) is 0 Å². The first-order valence-electron chi connectivity index (χ1n) is 5.75. The topological polar surface area (TPSA) is 114 Å². The minimum Gasteiger partial charge on any atom is -0.374 e. The summed E-state index contributed by atoms with van der Waals surface area (Å²) in [5, 5.41) is 13.6. The summed E-state index contributed by atoms with van der Waals surface area (Å²) in [4.78, 5) is 14.2. The Labute approximate surface area is 125 Å². The molecule has 2 aromatic rings. The van der Waals surface area contributed by atoms with Crippen LogP contribution in [0, 0.1) is 17.0 Å². The van der Waals surface area contributed by atoms with Crippen LogP contribution in [0.4, 0.5) is 16.5 Å². The molecule has 0 spiro atoms. The zero-order valence-electron chi connectivity index (χ0n) is 11.2. The number of nitrogens with one attached hydrogen (secondary N) is 2. The van der Waals surface area contributed by atoms with Gasteiger partial charge in [-0.1, -0.05) is 17.4 Å². The molecule has 0 unspecified atom stereocenters. The number of sulfonamides is 1. The van der Waals surface area contributed by atoms with Crippen LogP contribution in [-0.4, -0.2) is 25.4 Å². The van der Waals surface area contributed by atoms with Crippen molar-refractivity contribution in [2.45, 2.75) is 11.1 Å². The lowest BCUT2D eigenvalue weighted by molar-refractivity contribution is -0.383. The molecule has 0 radical (unpaired) electrons. The maximum absolute atomic E-state index is 12.2. The first-order valence-corrected chi connectivity index (χ1v) is 8.05. The van der Waals surface area contributed by atoms with E-state index in [-0.39, 0.29) is 20.7 Å². The van der Waals surface area contributed by atoms with Crippen molar-refractivity contribution in [3.05, 3.63) is 40.1 Å². The summed E-state index contributed by atoms with van der Waals surface area (Å²) in [6.07, 6.45) is 1.52. The average Bonchev–Trinajstić information content (AvgIpc) is 2.86. The van der Waals surface area contributed by atoms with Gasteiger partial charge in [-0.2, -0.15) is 0 Å². The molecule has 0 saturated heterocycles. The Morgan fingerprint density at radius 3 is 2.57 bits per heavy atom. The number of aryl methyl sites for hydroxylation is 1. The Kier molecular flexibility index (Phi) is 4.09. The van der Waals surface area contributed by atoms with Gasteiger partial charge in [0.15, 0.2) is 5.00 Å². The number of thiophene rings is 1. The Balaban J connectivity index is 2.35. The number of aromatic nitrogens is 1. The molecule has 0 fully saturated rings. The van der Waals surface area contributed by atoms with Crippen molar-refractivity contribution in [3.8, 4) is 0 Å². The Bertz CT molecular complexity index is 768. The van der Waals surface area contributed by atoms with Gasteiger partial charge in [0.25, 0.3) is 10.0 Å². The number of pyridine rings is 1. The van der Waals surface area contributed by atoms with E-state index in [0.29, 0.717) is 0 Å². The number of hydrogen-bond donors (Lipinski definition) is 2. The maximum Gasteiger partial charge on any atom is 0.304 e. The lowest BCUT2D eigenvalue weighted by Gasteiger charge is -2.04. The van der Waals surface area contributed by atoms with E-state index < -0.39 is 14.9 Å². The first kappa shape index (κ1) is 15.2. The summed E-state index contributed by atoms with van der Waals surface area (Å²) >= 11 is 0.786. The molecule has 2 heterocycles. The molecule has 0 aromatic carbocycles. The van der Waals surface area contributed by atoms with E-state index in [1.165, 1.54) is 19.3 Å². The van der Waals surface area contributed by atoms with Crippen LogP contribution in [0.2, 0.25) is 0 Å². The molecule has 21 heavy (non-hydrogen) atoms. The van der Waals surface area contributed by atoms with Crippen LogP contribution in [0.15, 0.2) is 28.6 Å². The van der Waals surface area contributed by atoms with Gasteiger partial charge in [0.05, 0.1) is 4.92 Å². The first-order chi connectivity index (χ1) is 9.83. The number of anilines is 2. The van der Waals surface area contributed by atoms with Crippen molar-refractivity contribution >= 4 is 37.9 Å². The molecule has 10 heteroatoms. The molecular formula is C11H12N4O4S2. The molecule has 0 saturated carbocycles. The molecule has 0 atom stereocenters. The fourth-order valence-corrected chi connectivity index (χ4v) is 3.81. The van der Waals surface area contributed by atoms with Crippen LogP contribution in [0.25, 0.3) is 0 Å². The van der Waals surface area contributed by atoms with Gasteiger partial charge in [0.1, 0.15) is 10.0 Å². The predicted molar refractivity (Wildman–Crippen MR) is 80.3 cm³/mol. The minimum atomic E-state index is -3.91. The van der Waals surface area contributed by atoms with E-state index in [1.54, 1.807) is 6.07 Å². The zero-order valence-corrected chi connectivity index (χ0v) is 12.8. The summed E-state index contributed by atoms with van der Waals surface area (Å²) in [6, 6.07) is 4.25. The van der Waals surface area contributed by atoms with Gasteiger partial charge < -0.3 is 5.32 Å². The van der Waals surface area contributed by atoms with E-state index >= 15 is 0 Å². The number of rotatable bonds is 5. The summed E-state index contributed by atoms with van der Waals surface area (Å²) in [5.41, 5.74) is 0.613. The van der Waals surface area contributed by atoms with Crippen molar-refractivity contribution in [3.63, 3.8) is 0 Å². The Morgan fingerprint density at radius 1 is 1.38 bits per heavy atom. The fourth-order valence-electron chi connectivity index (χ4n) is 1.52. The van der Waals surface area contributed by atoms with Crippen molar-refractivity contribution in [2.75, 3.05) is 17.1 Å². The van der Waals surface area contributed by atoms with Crippen LogP contribution in [-0.2, 0) is 10.0 Å². The van der Waals surface area contributed by atoms with E-state index in [0.717, 1.165) is 23.0 Å². The molecule has 2 aromatic heterocycles. The summed E-state index contributed by atoms with van der Waals surface area (Å²) in [6.45, 7) is 1.83. The van der Waals surface area contributed by atoms with Crippen LogP contribution in [0.1, 0.15) is 5.56 Å². The lowest BCUT2D eigenvalue weighted by atomic mass is 10.3. The highest BCUT2D eigenvalue weighted by molar-refractivity contribution is 7.94. The largest absolute Gasteiger partial charge is 0.374 e. The molecule has 0 aliphatic heterocycles. The second kappa shape index (κ2) is 5.66. The quantitative estimate of drug-likeness (QED) is 0.642. The number of hydrogen-bond acceptors (Lipinski definition) is 7. The van der Waals surface area contributed by atoms with Gasteiger partial charge >= 0.3 is 5.69 Å². The number of nitro groups is 1. The fraction of sp³-hybridized carbons (Fsp3) is 0.182. The van der Waals surface area contributed by atoms with E-state index in [2.05, 4.69) is 15.0 Å². The highest BCUT2D eigenvalue weighted by Crippen LogP contribution is 2.37. The number of nitrogens with zero attached hydrogens (tertiary/aromatic N) is 2. The van der Waals surface area contributed by atoms with Gasteiger partial charge in [-0.3, -0.25) is 14.8 Å². The van der Waals surface area contributed by atoms with E-state index in [4.69, 9.17) is 0 Å². The van der Waals surface area contributed by atoms with Gasteiger partial charge in [0.2, 0.25) is 0 Å². The molecule has 0 amide bonds. The van der Waals surface area contributed by atoms with Gasteiger partial charge in [-0.25, -0.2) is 13.4 Å². The van der Waals surface area contributed by atoms with Crippen LogP contribution in [0.3, 0.4) is 0 Å². The maximum atomic E-state index is 12.2. The third kappa shape index (κ3) is 3.28. The average molecular weight is 328 g/mol. The van der Waals surface area contributed by atoms with Crippen molar-refractivity contribution in [1.29, 1.82) is 0 Å². The molecule has 8 nitrogen and oxygen atoms in total. The molecule has 0 bridgehead atoms. The summed E-state index contributed by atoms with van der Waals surface area (Å²) in [5.74, 6) is 0.155. The van der Waals surface area contributed by atoms with Crippen molar-refractivity contribution < 1.29 is 13.3 Å². The molecule has 2 rings (SSSR count). The standard InChI is InChI=1S/C11H12N4O4S2/c1-7-3-4-9(13-6-7)14-21(18,19)10-5-8(15(16)17)11(12-2)20-10/h3-6,12H,1-2H3,(H,13,14). The monoisotopic (exact) mass is 328 g/mol. The zero-order chi connectivity index (χ0) is 15.6. The highest BCUT2D eigenvalue weighted by Gasteiger charge is 2.25. The van der Waals surface area contributed by atoms with E-state index in [9.17, 15) is 18.5 Å². The third-order valence-electron chi connectivity index (χ3n) is 2.53. The molecular weight excluding hydrogens is 316 g/mol. The normalized spacial score (nSPS) is 11.1. The van der Waals surface area contributed by atoms with Crippen LogP contribution < -0.4 is 10.0 Å². The van der Waals surface area contributed by atoms with Gasteiger partial charge in [-0.05, 0) is 18.6 Å². The lowest BCUT2D eigenvalue weighted by Crippen LogP contribution is -2.12. The third-order valence-corrected chi connectivity index (χ3v) is 5.50.